The van der Waals surface area contributed by atoms with Gasteiger partial charge in [-0.2, -0.15) is 0 Å². The molecular formula is C59H82O6. The molecule has 1 unspecified atom stereocenters. The second kappa shape index (κ2) is 50.9. The summed E-state index contributed by atoms with van der Waals surface area (Å²) in [5, 5.41) is 0. The van der Waals surface area contributed by atoms with E-state index in [4.69, 9.17) is 14.2 Å². The van der Waals surface area contributed by atoms with Gasteiger partial charge in [0.25, 0.3) is 0 Å². The van der Waals surface area contributed by atoms with Crippen LogP contribution >= 0.6 is 0 Å². The van der Waals surface area contributed by atoms with Crippen molar-refractivity contribution in [2.24, 2.45) is 0 Å². The zero-order valence-electron chi connectivity index (χ0n) is 40.1. The number of unbranched alkanes of at least 4 members (excludes halogenated alkanes) is 9. The predicted molar refractivity (Wildman–Crippen MR) is 278 cm³/mol. The molecule has 0 aromatic rings. The van der Waals surface area contributed by atoms with Gasteiger partial charge in [-0.15, -0.1) is 0 Å². The van der Waals surface area contributed by atoms with Gasteiger partial charge in [0, 0.05) is 19.3 Å². The van der Waals surface area contributed by atoms with Crippen LogP contribution < -0.4 is 0 Å². The molecule has 0 heterocycles. The highest BCUT2D eigenvalue weighted by Gasteiger charge is 2.19. The summed E-state index contributed by atoms with van der Waals surface area (Å²) in [5.74, 6) is -1.11. The van der Waals surface area contributed by atoms with Gasteiger partial charge >= 0.3 is 17.9 Å². The van der Waals surface area contributed by atoms with Crippen LogP contribution in [-0.2, 0) is 28.6 Å². The Morgan fingerprint density at radius 1 is 0.308 bits per heavy atom. The van der Waals surface area contributed by atoms with Crippen LogP contribution in [0.5, 0.6) is 0 Å². The third kappa shape index (κ3) is 49.1. The van der Waals surface area contributed by atoms with Crippen molar-refractivity contribution in [3.05, 3.63) is 194 Å². The lowest BCUT2D eigenvalue weighted by Crippen LogP contribution is -2.30. The van der Waals surface area contributed by atoms with Gasteiger partial charge in [-0.3, -0.25) is 14.4 Å². The molecule has 0 aliphatic carbocycles. The average molecular weight is 887 g/mol. The van der Waals surface area contributed by atoms with Crippen molar-refractivity contribution in [1.29, 1.82) is 0 Å². The van der Waals surface area contributed by atoms with Gasteiger partial charge in [-0.25, -0.2) is 0 Å². The summed E-state index contributed by atoms with van der Waals surface area (Å²) in [5.41, 5.74) is 0. The molecule has 0 aliphatic heterocycles. The molecule has 6 nitrogen and oxygen atoms in total. The van der Waals surface area contributed by atoms with E-state index in [2.05, 4.69) is 57.2 Å². The summed E-state index contributed by atoms with van der Waals surface area (Å²) in [7, 11) is 0. The van der Waals surface area contributed by atoms with Gasteiger partial charge in [-0.05, 0) is 70.6 Å². The molecule has 0 saturated heterocycles. The van der Waals surface area contributed by atoms with E-state index in [1.807, 2.05) is 158 Å². The molecule has 0 bridgehead atoms. The molecule has 0 aliphatic rings. The Bertz CT molecular complexity index is 1680. The van der Waals surface area contributed by atoms with Crippen LogP contribution in [0.4, 0.5) is 0 Å². The third-order valence-electron chi connectivity index (χ3n) is 8.99. The number of ether oxygens (including phenoxy) is 3. The van der Waals surface area contributed by atoms with Crippen LogP contribution in [-0.4, -0.2) is 37.2 Å². The normalized spacial score (nSPS) is 13.8. The Hall–Kier alpha value is -5.75. The first kappa shape index (κ1) is 59.2. The Labute approximate surface area is 395 Å². The van der Waals surface area contributed by atoms with Crippen molar-refractivity contribution < 1.29 is 28.6 Å². The molecule has 0 amide bonds. The van der Waals surface area contributed by atoms with E-state index >= 15 is 0 Å². The van der Waals surface area contributed by atoms with Crippen LogP contribution in [0.1, 0.15) is 136 Å². The maximum Gasteiger partial charge on any atom is 0.306 e. The smallest absolute Gasteiger partial charge is 0.306 e. The molecule has 0 fully saturated rings. The molecule has 0 aromatic carbocycles. The highest BCUT2D eigenvalue weighted by Crippen LogP contribution is 2.11. The van der Waals surface area contributed by atoms with Crippen LogP contribution in [0, 0.1) is 0 Å². The lowest BCUT2D eigenvalue weighted by Gasteiger charge is -2.18. The van der Waals surface area contributed by atoms with E-state index in [9.17, 15) is 14.4 Å². The second-order valence-corrected chi connectivity index (χ2v) is 14.9. The van der Waals surface area contributed by atoms with Gasteiger partial charge in [-0.1, -0.05) is 241 Å². The topological polar surface area (TPSA) is 78.9 Å². The fraction of sp³-hybridized carbons (Fsp3) is 0.407. The Balaban J connectivity index is 4.69. The van der Waals surface area contributed by atoms with Gasteiger partial charge < -0.3 is 14.2 Å². The van der Waals surface area contributed by atoms with E-state index in [1.54, 1.807) is 0 Å². The van der Waals surface area contributed by atoms with Crippen molar-refractivity contribution in [3.8, 4) is 0 Å². The minimum absolute atomic E-state index is 0.147. The van der Waals surface area contributed by atoms with Crippen LogP contribution in [0.3, 0.4) is 0 Å². The lowest BCUT2D eigenvalue weighted by molar-refractivity contribution is -0.167. The minimum atomic E-state index is -0.851. The molecule has 0 spiro atoms. The quantitative estimate of drug-likeness (QED) is 0.0265. The van der Waals surface area contributed by atoms with E-state index in [-0.39, 0.29) is 50.4 Å². The average Bonchev–Trinajstić information content (AvgIpc) is 3.30. The van der Waals surface area contributed by atoms with Gasteiger partial charge in [0.05, 0.1) is 0 Å². The highest BCUT2D eigenvalue weighted by atomic mass is 16.6. The molecule has 1 atom stereocenters. The maximum absolute atomic E-state index is 12.8. The van der Waals surface area contributed by atoms with E-state index < -0.39 is 6.10 Å². The highest BCUT2D eigenvalue weighted by molar-refractivity contribution is 5.71. The Kier molecular flexibility index (Phi) is 46.4. The number of rotatable bonds is 39. The fourth-order valence-electron chi connectivity index (χ4n) is 5.46. The first-order valence-electron chi connectivity index (χ1n) is 24.2. The molecule has 354 valence electrons. The van der Waals surface area contributed by atoms with Crippen LogP contribution in [0.25, 0.3) is 0 Å². The number of carbonyl (C=O) groups is 3. The van der Waals surface area contributed by atoms with E-state index in [1.165, 1.54) is 0 Å². The standard InChI is InChI=1S/C59H82O6/c1-4-7-10-13-16-19-22-25-27-28-29-30-32-34-37-40-43-46-49-52-58(61)64-55-56(54-63-57(60)51-48-45-42-39-36-33-24-21-18-15-12-9-6-3)65-59(62)53-50-47-44-41-38-35-31-26-23-20-17-14-11-8-5-2/h7-34,36-37,39,42,56H,4-6,35,38,40-41,43-55H2,1-3H3/b10-7+,11-8+,12-9+,16-13+,17-14+,18-15+,22-19+,23-20+,24-21+,27-25+,29-28+,31-26+,32-30+,36-33+,37-34+,42-39+. The van der Waals surface area contributed by atoms with Crippen LogP contribution in [0.2, 0.25) is 0 Å². The zero-order chi connectivity index (χ0) is 47.2. The first-order chi connectivity index (χ1) is 32.0. The molecule has 0 N–H and O–H groups in total. The SMILES string of the molecule is CC/C=C/C=C/C=C/C=C/C=C/C=C/C=C/CCCCCC(=O)OCC(COC(=O)CCC/C=C/C=C/C=C/C=C/C=C/CC)OC(=O)CCCCCCC/C=C/C=C/C=C/C=C/CC. The molecule has 0 radical (unpaired) electrons. The number of hydrogen-bond acceptors (Lipinski definition) is 6. The summed E-state index contributed by atoms with van der Waals surface area (Å²) in [6.07, 6.45) is 78.4. The lowest BCUT2D eigenvalue weighted by atomic mass is 10.1. The third-order valence-corrected chi connectivity index (χ3v) is 8.99. The first-order valence-corrected chi connectivity index (χ1v) is 24.2. The van der Waals surface area contributed by atoms with Crippen molar-refractivity contribution in [2.45, 2.75) is 142 Å². The fourth-order valence-corrected chi connectivity index (χ4v) is 5.46. The van der Waals surface area contributed by atoms with Crippen molar-refractivity contribution >= 4 is 17.9 Å². The van der Waals surface area contributed by atoms with Crippen molar-refractivity contribution in [1.82, 2.24) is 0 Å². The monoisotopic (exact) mass is 887 g/mol. The zero-order valence-corrected chi connectivity index (χ0v) is 40.1. The summed E-state index contributed by atoms with van der Waals surface area (Å²) in [6.45, 7) is 6.03. The minimum Gasteiger partial charge on any atom is -0.462 e. The number of allylic oxidation sites excluding steroid dienone is 32. The molecule has 6 heteroatoms. The van der Waals surface area contributed by atoms with Crippen molar-refractivity contribution in [3.63, 3.8) is 0 Å². The summed E-state index contributed by atoms with van der Waals surface area (Å²) >= 11 is 0. The summed E-state index contributed by atoms with van der Waals surface area (Å²) in [4.78, 5) is 37.9. The van der Waals surface area contributed by atoms with Gasteiger partial charge in [0.15, 0.2) is 6.10 Å². The van der Waals surface area contributed by atoms with Crippen LogP contribution in [0.15, 0.2) is 194 Å². The molecule has 0 rings (SSSR count). The summed E-state index contributed by atoms with van der Waals surface area (Å²) in [6, 6.07) is 0. The largest absolute Gasteiger partial charge is 0.462 e. The van der Waals surface area contributed by atoms with Crippen molar-refractivity contribution in [2.75, 3.05) is 13.2 Å². The molecule has 65 heavy (non-hydrogen) atoms. The van der Waals surface area contributed by atoms with E-state index in [0.29, 0.717) is 19.3 Å². The Morgan fingerprint density at radius 3 is 0.938 bits per heavy atom. The molecular weight excluding hydrogens is 805 g/mol. The Morgan fingerprint density at radius 2 is 0.569 bits per heavy atom. The second-order valence-electron chi connectivity index (χ2n) is 14.9. The maximum atomic E-state index is 12.8. The number of esters is 3. The number of hydrogen-bond donors (Lipinski definition) is 0. The van der Waals surface area contributed by atoms with Gasteiger partial charge in [0.1, 0.15) is 13.2 Å². The predicted octanol–water partition coefficient (Wildman–Crippen LogP) is 16.0. The van der Waals surface area contributed by atoms with Gasteiger partial charge in [0.2, 0.25) is 0 Å². The number of carbonyl (C=O) groups excluding carboxylic acids is 3. The molecule has 0 saturated carbocycles. The molecule has 0 aromatic heterocycles. The van der Waals surface area contributed by atoms with E-state index in [0.717, 1.165) is 77.0 Å². The summed E-state index contributed by atoms with van der Waals surface area (Å²) < 4.78 is 16.6.